The number of hydrogen-bond acceptors (Lipinski definition) is 4. The van der Waals surface area contributed by atoms with Crippen molar-refractivity contribution in [2.45, 2.75) is 6.92 Å². The third-order valence-corrected chi connectivity index (χ3v) is 8.99. The first-order valence-electron chi connectivity index (χ1n) is 14.2. The lowest BCUT2D eigenvalue weighted by Crippen LogP contribution is -2.21. The number of furan rings is 2. The molecule has 0 N–H and O–H groups in total. The van der Waals surface area contributed by atoms with E-state index in [0.717, 1.165) is 65.8 Å². The fourth-order valence-electron chi connectivity index (χ4n) is 7.18. The van der Waals surface area contributed by atoms with Crippen molar-refractivity contribution in [1.82, 2.24) is 9.03 Å². The van der Waals surface area contributed by atoms with Gasteiger partial charge in [0.25, 0.3) is 11.1 Å². The first kappa shape index (κ1) is 22.8. The summed E-state index contributed by atoms with van der Waals surface area (Å²) >= 11 is 0. The molecule has 6 aromatic carbocycles. The minimum absolute atomic E-state index is 0.348. The third kappa shape index (κ3) is 2.73. The second-order valence-electron chi connectivity index (χ2n) is 11.3. The molecule has 0 fully saturated rings. The minimum Gasteiger partial charge on any atom is -0.456 e. The van der Waals surface area contributed by atoms with Gasteiger partial charge in [0, 0.05) is 21.5 Å². The highest BCUT2D eigenvalue weighted by Crippen LogP contribution is 2.41. The van der Waals surface area contributed by atoms with E-state index in [1.54, 1.807) is 10.6 Å². The van der Waals surface area contributed by atoms with Gasteiger partial charge in [-0.2, -0.15) is 4.52 Å². The second kappa shape index (κ2) is 7.69. The summed E-state index contributed by atoms with van der Waals surface area (Å²) in [5, 5.41) is 7.12. The van der Waals surface area contributed by atoms with Crippen LogP contribution in [0.3, 0.4) is 0 Å². The van der Waals surface area contributed by atoms with Gasteiger partial charge >= 0.3 is 0 Å². The van der Waals surface area contributed by atoms with Gasteiger partial charge in [0.05, 0.1) is 16.3 Å². The summed E-state index contributed by atoms with van der Waals surface area (Å²) in [4.78, 5) is 27.7. The van der Waals surface area contributed by atoms with Crippen LogP contribution in [-0.4, -0.2) is 9.03 Å². The predicted molar refractivity (Wildman–Crippen MR) is 172 cm³/mol. The Morgan fingerprint density at radius 2 is 1.16 bits per heavy atom. The van der Waals surface area contributed by atoms with Crippen LogP contribution in [0.25, 0.3) is 87.6 Å². The number of rotatable bonds is 1. The van der Waals surface area contributed by atoms with Gasteiger partial charge in [0.2, 0.25) is 0 Å². The van der Waals surface area contributed by atoms with E-state index >= 15 is 0 Å². The van der Waals surface area contributed by atoms with E-state index in [1.165, 1.54) is 4.52 Å². The first-order valence-corrected chi connectivity index (χ1v) is 14.2. The van der Waals surface area contributed by atoms with Crippen LogP contribution in [-0.2, 0) is 0 Å². The van der Waals surface area contributed by atoms with Gasteiger partial charge in [-0.25, -0.2) is 4.52 Å². The van der Waals surface area contributed by atoms with Crippen LogP contribution >= 0.6 is 0 Å². The lowest BCUT2D eigenvalue weighted by Gasteiger charge is -2.10. The van der Waals surface area contributed by atoms with Crippen molar-refractivity contribution in [2.75, 3.05) is 0 Å². The number of aryl methyl sites for hydroxylation is 1. The molecule has 0 saturated carbocycles. The molecule has 0 saturated heterocycles. The van der Waals surface area contributed by atoms with Crippen molar-refractivity contribution in [3.8, 4) is 11.1 Å². The highest BCUT2D eigenvalue weighted by atomic mass is 16.3. The molecule has 0 radical (unpaired) electrons. The van der Waals surface area contributed by atoms with E-state index in [-0.39, 0.29) is 11.1 Å². The van der Waals surface area contributed by atoms with E-state index in [0.29, 0.717) is 27.4 Å². The zero-order valence-electron chi connectivity index (χ0n) is 22.8. The maximum Gasteiger partial charge on any atom is 0.282 e. The lowest BCUT2D eigenvalue weighted by atomic mass is 9.93. The monoisotopic (exact) mass is 556 g/mol. The zero-order valence-corrected chi connectivity index (χ0v) is 22.8. The Bertz CT molecular complexity index is 2950. The lowest BCUT2D eigenvalue weighted by molar-refractivity contribution is 0.669. The maximum absolute atomic E-state index is 14.0. The summed E-state index contributed by atoms with van der Waals surface area (Å²) < 4.78 is 15.6. The van der Waals surface area contributed by atoms with Gasteiger partial charge in [-0.1, -0.05) is 60.7 Å². The molecule has 202 valence electrons. The molecule has 43 heavy (non-hydrogen) atoms. The smallest absolute Gasteiger partial charge is 0.282 e. The summed E-state index contributed by atoms with van der Waals surface area (Å²) in [5.74, 6) is 0. The highest BCUT2D eigenvalue weighted by molar-refractivity contribution is 6.22. The molecule has 0 bridgehead atoms. The number of hydrogen-bond donors (Lipinski definition) is 0. The molecule has 4 aromatic heterocycles. The summed E-state index contributed by atoms with van der Waals surface area (Å²) in [6.45, 7) is 1.99. The van der Waals surface area contributed by atoms with Crippen molar-refractivity contribution < 1.29 is 8.83 Å². The Hall–Kier alpha value is -5.88. The van der Waals surface area contributed by atoms with Crippen LogP contribution < -0.4 is 11.1 Å². The molecule has 0 aliphatic carbocycles. The average molecular weight is 557 g/mol. The van der Waals surface area contributed by atoms with E-state index in [1.807, 2.05) is 73.7 Å². The number of para-hydroxylation sites is 2. The Kier molecular flexibility index (Phi) is 4.07. The molecule has 0 spiro atoms. The van der Waals surface area contributed by atoms with Crippen LogP contribution in [0.5, 0.6) is 0 Å². The van der Waals surface area contributed by atoms with Crippen LogP contribution in [0.2, 0.25) is 0 Å². The molecule has 0 amide bonds. The molecule has 0 aliphatic rings. The molecule has 0 atom stereocenters. The number of fused-ring (bicyclic) bond motifs is 14. The van der Waals surface area contributed by atoms with Crippen molar-refractivity contribution in [2.24, 2.45) is 0 Å². The van der Waals surface area contributed by atoms with Crippen molar-refractivity contribution in [3.63, 3.8) is 0 Å². The fourth-order valence-corrected chi connectivity index (χ4v) is 7.18. The third-order valence-electron chi connectivity index (χ3n) is 8.99. The maximum atomic E-state index is 14.0. The second-order valence-corrected chi connectivity index (χ2v) is 11.3. The van der Waals surface area contributed by atoms with Crippen molar-refractivity contribution in [1.29, 1.82) is 0 Å². The first-order chi connectivity index (χ1) is 21.1. The Morgan fingerprint density at radius 3 is 1.98 bits per heavy atom. The normalized spacial score (nSPS) is 12.5. The van der Waals surface area contributed by atoms with E-state index < -0.39 is 0 Å². The molecule has 10 rings (SSSR count). The topological polar surface area (TPSA) is 69.2 Å². The van der Waals surface area contributed by atoms with Gasteiger partial charge in [-0.15, -0.1) is 0 Å². The molecule has 6 heteroatoms. The van der Waals surface area contributed by atoms with E-state index in [9.17, 15) is 9.59 Å². The van der Waals surface area contributed by atoms with Crippen LogP contribution in [0.4, 0.5) is 0 Å². The number of aromatic nitrogens is 2. The summed E-state index contributed by atoms with van der Waals surface area (Å²) in [6.07, 6.45) is 0. The Labute approximate surface area is 241 Å². The summed E-state index contributed by atoms with van der Waals surface area (Å²) in [6, 6.07) is 33.9. The van der Waals surface area contributed by atoms with E-state index in [4.69, 9.17) is 8.83 Å². The van der Waals surface area contributed by atoms with Gasteiger partial charge in [0.1, 0.15) is 22.3 Å². The summed E-state index contributed by atoms with van der Waals surface area (Å²) in [7, 11) is 0. The zero-order chi connectivity index (χ0) is 28.6. The summed E-state index contributed by atoms with van der Waals surface area (Å²) in [5.41, 5.74) is 6.30. The van der Waals surface area contributed by atoms with Gasteiger partial charge in [-0.05, 0) is 76.9 Å². The van der Waals surface area contributed by atoms with Crippen molar-refractivity contribution in [3.05, 3.63) is 129 Å². The molecule has 0 aliphatic heterocycles. The quantitative estimate of drug-likeness (QED) is 0.203. The van der Waals surface area contributed by atoms with Gasteiger partial charge < -0.3 is 8.83 Å². The highest BCUT2D eigenvalue weighted by Gasteiger charge is 2.24. The Morgan fingerprint density at radius 1 is 0.512 bits per heavy atom. The molecular weight excluding hydrogens is 536 g/mol. The van der Waals surface area contributed by atoms with Gasteiger partial charge in [-0.3, -0.25) is 9.59 Å². The average Bonchev–Trinajstić information content (AvgIpc) is 3.75. The molecule has 10 aromatic rings. The molecule has 0 unspecified atom stereocenters. The largest absolute Gasteiger partial charge is 0.456 e. The minimum atomic E-state index is -0.353. The molecule has 6 nitrogen and oxygen atoms in total. The van der Waals surface area contributed by atoms with Crippen LogP contribution in [0, 0.1) is 6.92 Å². The molecular formula is C37H20N2O4. The standard InChI is InChI=1S/C37H20N2O4/c1-19-16-20(27-18-31-32(23-10-3-2-8-21(23)27)25-11-5-7-13-30(25)42-31)17-28-33(19)38-34-26(36(40)39(38)37(28)41)15-14-24-22-9-4-6-12-29(22)43-35(24)34/h2-18H,1H3. The predicted octanol–water partition coefficient (Wildman–Crippen LogP) is 8.43. The van der Waals surface area contributed by atoms with Crippen molar-refractivity contribution >= 4 is 76.5 Å². The SMILES string of the molecule is Cc1cc(-c2cc3oc4ccccc4c3c3ccccc23)cc2c(=O)n3c(=O)c4ccc5c6ccccc6oc5c4n3c12. The Balaban J connectivity index is 1.34. The number of benzene rings is 6. The number of nitrogens with zero attached hydrogens (tertiary/aromatic N) is 2. The van der Waals surface area contributed by atoms with E-state index in [2.05, 4.69) is 30.3 Å². The van der Waals surface area contributed by atoms with Crippen LogP contribution in [0.1, 0.15) is 5.56 Å². The fraction of sp³-hybridized carbons (Fsp3) is 0.0270. The van der Waals surface area contributed by atoms with Gasteiger partial charge in [0.15, 0.2) is 5.58 Å². The molecule has 4 heterocycles. The van der Waals surface area contributed by atoms with Crippen LogP contribution in [0.15, 0.2) is 122 Å².